The van der Waals surface area contributed by atoms with Crippen LogP contribution in [0, 0.1) is 0 Å². The van der Waals surface area contributed by atoms with Gasteiger partial charge in [-0.3, -0.25) is 4.98 Å². The molecular weight excluding hydrogens is 388 g/mol. The van der Waals surface area contributed by atoms with E-state index in [1.807, 2.05) is 30.3 Å². The summed E-state index contributed by atoms with van der Waals surface area (Å²) in [5.41, 5.74) is 1.72. The first-order valence-corrected chi connectivity index (χ1v) is 10.9. The summed E-state index contributed by atoms with van der Waals surface area (Å²) >= 11 is 7.06. The Hall–Kier alpha value is -1.73. The molecule has 7 heteroatoms. The maximum absolute atomic E-state index is 12.8. The second-order valence-corrected chi connectivity index (χ2v) is 10.1. The third-order valence-corrected chi connectivity index (χ3v) is 8.09. The number of thiophene rings is 1. The van der Waals surface area contributed by atoms with Crippen molar-refractivity contribution in [2.24, 2.45) is 0 Å². The number of aromatic nitrogens is 1. The summed E-state index contributed by atoms with van der Waals surface area (Å²) in [6, 6.07) is 16.9. The minimum absolute atomic E-state index is 0.0888. The summed E-state index contributed by atoms with van der Waals surface area (Å²) < 4.78 is 28.7. The second kappa shape index (κ2) is 6.46. The zero-order valence-corrected chi connectivity index (χ0v) is 16.4. The van der Waals surface area contributed by atoms with Gasteiger partial charge in [-0.25, -0.2) is 13.1 Å². The van der Waals surface area contributed by atoms with Gasteiger partial charge in [0.25, 0.3) is 0 Å². The van der Waals surface area contributed by atoms with Gasteiger partial charge in [-0.15, -0.1) is 11.3 Å². The fourth-order valence-electron chi connectivity index (χ4n) is 3.04. The van der Waals surface area contributed by atoms with Gasteiger partial charge in [0.2, 0.25) is 10.0 Å². The van der Waals surface area contributed by atoms with Crippen molar-refractivity contribution in [1.29, 1.82) is 0 Å². The molecule has 134 valence electrons. The molecule has 2 atom stereocenters. The van der Waals surface area contributed by atoms with E-state index in [1.54, 1.807) is 30.5 Å². The topological polar surface area (TPSA) is 59.1 Å². The summed E-state index contributed by atoms with van der Waals surface area (Å²) in [5, 5.41) is 0.550. The number of benzene rings is 1. The van der Waals surface area contributed by atoms with Crippen molar-refractivity contribution in [3.63, 3.8) is 0 Å². The summed E-state index contributed by atoms with van der Waals surface area (Å²) in [7, 11) is -3.56. The van der Waals surface area contributed by atoms with Crippen molar-refractivity contribution < 1.29 is 8.42 Å². The summed E-state index contributed by atoms with van der Waals surface area (Å²) in [6.45, 7) is 2.09. The standard InChI is InChI=1S/C19H17ClN2O2S2/c1-19(13-5-3-2-4-6-13)11-17(19)22-26(23,24)18-10-9-16(25-18)15-8-7-14(20)12-21-15/h2-10,12,17,22H,11H2,1H3/t17-,19+/m0/s1. The van der Waals surface area contributed by atoms with Gasteiger partial charge >= 0.3 is 0 Å². The lowest BCUT2D eigenvalue weighted by Gasteiger charge is -2.12. The number of nitrogens with one attached hydrogen (secondary N) is 1. The van der Waals surface area contributed by atoms with Crippen LogP contribution in [0.4, 0.5) is 0 Å². The molecule has 0 saturated heterocycles. The van der Waals surface area contributed by atoms with E-state index in [0.29, 0.717) is 14.9 Å². The fourth-order valence-corrected chi connectivity index (χ4v) is 5.80. The summed E-state index contributed by atoms with van der Waals surface area (Å²) in [5.74, 6) is 0. The molecule has 2 heterocycles. The number of rotatable bonds is 5. The van der Waals surface area contributed by atoms with Gasteiger partial charge in [0, 0.05) is 17.7 Å². The number of halogens is 1. The Morgan fingerprint density at radius 2 is 1.92 bits per heavy atom. The molecule has 4 nitrogen and oxygen atoms in total. The lowest BCUT2D eigenvalue weighted by molar-refractivity contribution is 0.576. The highest BCUT2D eigenvalue weighted by Gasteiger charge is 2.53. The summed E-state index contributed by atoms with van der Waals surface area (Å²) in [4.78, 5) is 5.04. The highest BCUT2D eigenvalue weighted by molar-refractivity contribution is 7.91. The van der Waals surface area contributed by atoms with Gasteiger partial charge in [0.1, 0.15) is 4.21 Å². The van der Waals surface area contributed by atoms with E-state index in [-0.39, 0.29) is 11.5 Å². The molecule has 0 radical (unpaired) electrons. The van der Waals surface area contributed by atoms with Gasteiger partial charge in [-0.05, 0) is 36.2 Å². The molecule has 1 aliphatic carbocycles. The van der Waals surface area contributed by atoms with E-state index in [1.165, 1.54) is 11.3 Å². The molecule has 0 unspecified atom stereocenters. The maximum atomic E-state index is 12.8. The number of nitrogens with zero attached hydrogens (tertiary/aromatic N) is 1. The molecule has 3 aromatic rings. The average Bonchev–Trinajstić information content (AvgIpc) is 3.06. The van der Waals surface area contributed by atoms with E-state index in [9.17, 15) is 8.42 Å². The predicted octanol–water partition coefficient (Wildman–Crippen LogP) is 4.47. The number of hydrogen-bond donors (Lipinski definition) is 1. The quantitative estimate of drug-likeness (QED) is 0.682. The maximum Gasteiger partial charge on any atom is 0.250 e. The molecule has 1 fully saturated rings. The molecule has 26 heavy (non-hydrogen) atoms. The van der Waals surface area contributed by atoms with Crippen molar-refractivity contribution in [2.45, 2.75) is 29.0 Å². The van der Waals surface area contributed by atoms with Crippen LogP contribution in [-0.4, -0.2) is 19.4 Å². The van der Waals surface area contributed by atoms with Crippen molar-refractivity contribution in [3.05, 3.63) is 71.4 Å². The minimum atomic E-state index is -3.56. The van der Waals surface area contributed by atoms with Crippen molar-refractivity contribution >= 4 is 33.0 Å². The normalized spacial score (nSPS) is 22.3. The van der Waals surface area contributed by atoms with E-state index < -0.39 is 10.0 Å². The Bertz CT molecular complexity index is 1030. The first kappa shape index (κ1) is 17.7. The predicted molar refractivity (Wildman–Crippen MR) is 105 cm³/mol. The Balaban J connectivity index is 1.52. The van der Waals surface area contributed by atoms with Crippen LogP contribution in [0.2, 0.25) is 5.02 Å². The lowest BCUT2D eigenvalue weighted by atomic mass is 9.98. The van der Waals surface area contributed by atoms with Gasteiger partial charge in [-0.2, -0.15) is 0 Å². The van der Waals surface area contributed by atoms with Crippen LogP contribution >= 0.6 is 22.9 Å². The monoisotopic (exact) mass is 404 g/mol. The molecule has 1 aliphatic rings. The molecule has 4 rings (SSSR count). The largest absolute Gasteiger partial charge is 0.254 e. The van der Waals surface area contributed by atoms with Crippen molar-refractivity contribution in [3.8, 4) is 10.6 Å². The minimum Gasteiger partial charge on any atom is -0.254 e. The lowest BCUT2D eigenvalue weighted by Crippen LogP contribution is -2.29. The molecule has 2 aromatic heterocycles. The van der Waals surface area contributed by atoms with Crippen LogP contribution in [0.15, 0.2) is 65.0 Å². The van der Waals surface area contributed by atoms with Crippen molar-refractivity contribution in [2.75, 3.05) is 0 Å². The molecule has 0 bridgehead atoms. The number of hydrogen-bond acceptors (Lipinski definition) is 4. The van der Waals surface area contributed by atoms with Crippen LogP contribution < -0.4 is 4.72 Å². The molecule has 1 aromatic carbocycles. The molecule has 1 N–H and O–H groups in total. The van der Waals surface area contributed by atoms with Gasteiger partial charge in [-0.1, -0.05) is 48.9 Å². The first-order valence-electron chi connectivity index (χ1n) is 8.18. The van der Waals surface area contributed by atoms with E-state index in [2.05, 4.69) is 16.6 Å². The van der Waals surface area contributed by atoms with E-state index >= 15 is 0 Å². The second-order valence-electron chi connectivity index (χ2n) is 6.64. The molecule has 0 amide bonds. The summed E-state index contributed by atoms with van der Waals surface area (Å²) in [6.07, 6.45) is 2.35. The Morgan fingerprint density at radius 1 is 1.15 bits per heavy atom. The zero-order valence-electron chi connectivity index (χ0n) is 14.0. The van der Waals surface area contributed by atoms with Crippen molar-refractivity contribution in [1.82, 2.24) is 9.71 Å². The molecule has 0 aliphatic heterocycles. The Labute approximate surface area is 161 Å². The van der Waals surface area contributed by atoms with E-state index in [0.717, 1.165) is 16.9 Å². The average molecular weight is 405 g/mol. The van der Waals surface area contributed by atoms with Gasteiger partial charge in [0.15, 0.2) is 0 Å². The zero-order chi connectivity index (χ0) is 18.4. The molecule has 0 spiro atoms. The van der Waals surface area contributed by atoms with Crippen LogP contribution in [-0.2, 0) is 15.4 Å². The third kappa shape index (κ3) is 3.30. The van der Waals surface area contributed by atoms with Crippen LogP contribution in [0.3, 0.4) is 0 Å². The highest BCUT2D eigenvalue weighted by atomic mass is 35.5. The number of pyridine rings is 1. The van der Waals surface area contributed by atoms with Gasteiger partial charge < -0.3 is 0 Å². The first-order chi connectivity index (χ1) is 12.4. The smallest absolute Gasteiger partial charge is 0.250 e. The fraction of sp³-hybridized carbons (Fsp3) is 0.211. The Kier molecular flexibility index (Phi) is 4.39. The number of sulfonamides is 1. The van der Waals surface area contributed by atoms with Crippen LogP contribution in [0.5, 0.6) is 0 Å². The van der Waals surface area contributed by atoms with Gasteiger partial charge in [0.05, 0.1) is 15.6 Å². The highest BCUT2D eigenvalue weighted by Crippen LogP contribution is 2.48. The SMILES string of the molecule is C[C@]1(c2ccccc2)C[C@@H]1NS(=O)(=O)c1ccc(-c2ccc(Cl)cn2)s1. The van der Waals surface area contributed by atoms with Crippen LogP contribution in [0.1, 0.15) is 18.9 Å². The molecule has 1 saturated carbocycles. The van der Waals surface area contributed by atoms with E-state index in [4.69, 9.17) is 11.6 Å². The molecular formula is C19H17ClN2O2S2. The van der Waals surface area contributed by atoms with Crippen LogP contribution in [0.25, 0.3) is 10.6 Å². The third-order valence-electron chi connectivity index (χ3n) is 4.79. The Morgan fingerprint density at radius 3 is 2.62 bits per heavy atom.